The molecule has 0 bridgehead atoms. The van der Waals surface area contributed by atoms with Crippen LogP contribution in [0.25, 0.3) is 17.5 Å². The highest BCUT2D eigenvalue weighted by Crippen LogP contribution is 2.21. The second kappa shape index (κ2) is 9.31. The maximum Gasteiger partial charge on any atom is 0.321 e. The number of nitrogens with one attached hydrogen (secondary N) is 1. The minimum atomic E-state index is -3.76. The van der Waals surface area contributed by atoms with Gasteiger partial charge in [-0.15, -0.1) is 0 Å². The number of hydrogen-bond acceptors (Lipinski definition) is 6. The number of sulfonamides is 1. The normalized spacial score (nSPS) is 11.6. The van der Waals surface area contributed by atoms with Crippen LogP contribution in [0.3, 0.4) is 0 Å². The molecule has 1 N–H and O–H groups in total. The summed E-state index contributed by atoms with van der Waals surface area (Å²) in [6, 6.07) is 18.3. The van der Waals surface area contributed by atoms with E-state index < -0.39 is 22.5 Å². The van der Waals surface area contributed by atoms with Gasteiger partial charge in [-0.25, -0.2) is 18.1 Å². The van der Waals surface area contributed by atoms with Crippen molar-refractivity contribution < 1.29 is 22.4 Å². The third-order valence-corrected chi connectivity index (χ3v) is 4.98. The molecule has 0 aliphatic heterocycles. The molecule has 0 saturated heterocycles. The van der Waals surface area contributed by atoms with Crippen molar-refractivity contribution in [1.29, 1.82) is 0 Å². The largest absolute Gasteiger partial charge is 0.458 e. The third-order valence-electron chi connectivity index (χ3n) is 3.94. The Balaban J connectivity index is 1.51. The molecule has 0 spiro atoms. The fraction of sp³-hybridized carbons (Fsp3) is 0.143. The molecule has 8 heteroatoms. The molecular weight excluding hydrogens is 392 g/mol. The average molecular weight is 412 g/mol. The Kier molecular flexibility index (Phi) is 6.58. The molecule has 0 amide bonds. The number of carbonyl (C=O) groups excluding carboxylic acids is 1. The van der Waals surface area contributed by atoms with Crippen LogP contribution in [0.15, 0.2) is 70.5 Å². The number of ether oxygens (including phenoxy) is 1. The first-order valence-corrected chi connectivity index (χ1v) is 10.4. The number of esters is 1. The van der Waals surface area contributed by atoms with Gasteiger partial charge in [0.15, 0.2) is 0 Å². The van der Waals surface area contributed by atoms with Crippen molar-refractivity contribution in [3.8, 4) is 11.5 Å². The van der Waals surface area contributed by atoms with E-state index in [4.69, 9.17) is 9.15 Å². The molecule has 150 valence electrons. The number of carbonyl (C=O) groups is 1. The van der Waals surface area contributed by atoms with E-state index >= 15 is 0 Å². The second-order valence-corrected chi connectivity index (χ2v) is 7.78. The van der Waals surface area contributed by atoms with E-state index in [0.29, 0.717) is 17.3 Å². The Morgan fingerprint density at radius 3 is 2.45 bits per heavy atom. The molecule has 0 radical (unpaired) electrons. The number of aromatic nitrogens is 1. The third kappa shape index (κ3) is 6.13. The molecule has 3 aromatic rings. The number of nitrogens with zero attached hydrogens (tertiary/aromatic N) is 1. The first-order chi connectivity index (χ1) is 13.9. The smallest absolute Gasteiger partial charge is 0.321 e. The van der Waals surface area contributed by atoms with Gasteiger partial charge in [-0.3, -0.25) is 4.79 Å². The predicted molar refractivity (Wildman–Crippen MR) is 109 cm³/mol. The summed E-state index contributed by atoms with van der Waals surface area (Å²) in [5.41, 5.74) is 2.02. The molecule has 1 heterocycles. The first kappa shape index (κ1) is 20.5. The van der Waals surface area contributed by atoms with E-state index in [0.717, 1.165) is 16.5 Å². The second-order valence-electron chi connectivity index (χ2n) is 6.13. The molecule has 0 atom stereocenters. The minimum absolute atomic E-state index is 0.109. The molecule has 29 heavy (non-hydrogen) atoms. The maximum absolute atomic E-state index is 12.0. The van der Waals surface area contributed by atoms with Crippen LogP contribution in [0.4, 0.5) is 0 Å². The van der Waals surface area contributed by atoms with Crippen LogP contribution in [0.1, 0.15) is 17.0 Å². The Morgan fingerprint density at radius 2 is 1.76 bits per heavy atom. The van der Waals surface area contributed by atoms with Gasteiger partial charge in [0.05, 0.1) is 0 Å². The van der Waals surface area contributed by atoms with Gasteiger partial charge in [0, 0.05) is 11.0 Å². The minimum Gasteiger partial charge on any atom is -0.458 e. The summed E-state index contributed by atoms with van der Waals surface area (Å²) in [6.07, 6.45) is 1.44. The summed E-state index contributed by atoms with van der Waals surface area (Å²) in [4.78, 5) is 16.2. The summed E-state index contributed by atoms with van der Waals surface area (Å²) < 4.78 is 36.8. The fourth-order valence-electron chi connectivity index (χ4n) is 2.41. The number of benzene rings is 2. The van der Waals surface area contributed by atoms with E-state index in [2.05, 4.69) is 9.71 Å². The van der Waals surface area contributed by atoms with Gasteiger partial charge in [0.25, 0.3) is 0 Å². The van der Waals surface area contributed by atoms with Crippen molar-refractivity contribution in [2.24, 2.45) is 0 Å². The highest BCUT2D eigenvalue weighted by molar-refractivity contribution is 7.92. The Bertz CT molecular complexity index is 1090. The SMILES string of the molecule is Cc1oc(-c2ccccc2)nc1COC(=O)CNS(=O)(=O)/C=C/c1ccccc1. The highest BCUT2D eigenvalue weighted by atomic mass is 32.2. The Labute approximate surface area is 169 Å². The van der Waals surface area contributed by atoms with E-state index in [1.807, 2.05) is 36.4 Å². The van der Waals surface area contributed by atoms with E-state index in [-0.39, 0.29) is 6.61 Å². The van der Waals surface area contributed by atoms with Crippen molar-refractivity contribution in [2.75, 3.05) is 6.54 Å². The lowest BCUT2D eigenvalue weighted by atomic mass is 10.2. The van der Waals surface area contributed by atoms with Gasteiger partial charge >= 0.3 is 5.97 Å². The predicted octanol–water partition coefficient (Wildman–Crippen LogP) is 3.28. The topological polar surface area (TPSA) is 98.5 Å². The molecule has 7 nitrogen and oxygen atoms in total. The Morgan fingerprint density at radius 1 is 1.10 bits per heavy atom. The molecule has 0 aliphatic carbocycles. The lowest BCUT2D eigenvalue weighted by molar-refractivity contribution is -0.143. The number of rotatable bonds is 8. The zero-order chi connectivity index (χ0) is 20.7. The molecule has 3 rings (SSSR count). The van der Waals surface area contributed by atoms with Crippen LogP contribution in [0.2, 0.25) is 0 Å². The van der Waals surface area contributed by atoms with Crippen LogP contribution < -0.4 is 4.72 Å². The van der Waals surface area contributed by atoms with E-state index in [9.17, 15) is 13.2 Å². The van der Waals surface area contributed by atoms with Gasteiger partial charge in [0.1, 0.15) is 24.6 Å². The molecular formula is C21H20N2O5S. The zero-order valence-corrected chi connectivity index (χ0v) is 16.6. The standard InChI is InChI=1S/C21H20N2O5S/c1-16-19(23-21(28-16)18-10-6-3-7-11-18)15-27-20(24)14-22-29(25,26)13-12-17-8-4-2-5-9-17/h2-13,22H,14-15H2,1H3/b13-12+. The van der Waals surface area contributed by atoms with Crippen LogP contribution in [0, 0.1) is 6.92 Å². The Hall–Kier alpha value is -3.23. The molecule has 0 saturated carbocycles. The first-order valence-electron chi connectivity index (χ1n) is 8.83. The molecule has 0 unspecified atom stereocenters. The summed E-state index contributed by atoms with van der Waals surface area (Å²) in [6.45, 7) is 1.13. The van der Waals surface area contributed by atoms with Crippen LogP contribution in [-0.4, -0.2) is 25.9 Å². The van der Waals surface area contributed by atoms with Crippen molar-refractivity contribution >= 4 is 22.1 Å². The van der Waals surface area contributed by atoms with E-state index in [1.54, 1.807) is 31.2 Å². The average Bonchev–Trinajstić information content (AvgIpc) is 3.11. The lowest BCUT2D eigenvalue weighted by Crippen LogP contribution is -2.29. The molecule has 0 fully saturated rings. The summed E-state index contributed by atoms with van der Waals surface area (Å²) >= 11 is 0. The zero-order valence-electron chi connectivity index (χ0n) is 15.7. The van der Waals surface area contributed by atoms with Gasteiger partial charge in [-0.1, -0.05) is 48.5 Å². The van der Waals surface area contributed by atoms with Crippen molar-refractivity contribution in [3.05, 3.63) is 83.1 Å². The van der Waals surface area contributed by atoms with Crippen LogP contribution >= 0.6 is 0 Å². The maximum atomic E-state index is 12.0. The summed E-state index contributed by atoms with van der Waals surface area (Å²) in [7, 11) is -3.76. The molecule has 2 aromatic carbocycles. The van der Waals surface area contributed by atoms with Gasteiger partial charge in [-0.2, -0.15) is 0 Å². The quantitative estimate of drug-likeness (QED) is 0.570. The molecule has 1 aromatic heterocycles. The van der Waals surface area contributed by atoms with Gasteiger partial charge in [0.2, 0.25) is 15.9 Å². The van der Waals surface area contributed by atoms with E-state index in [1.165, 1.54) is 6.08 Å². The van der Waals surface area contributed by atoms with Gasteiger partial charge < -0.3 is 9.15 Å². The summed E-state index contributed by atoms with van der Waals surface area (Å²) in [5.74, 6) is 0.245. The number of oxazole rings is 1. The lowest BCUT2D eigenvalue weighted by Gasteiger charge is -2.04. The van der Waals surface area contributed by atoms with Crippen molar-refractivity contribution in [3.63, 3.8) is 0 Å². The van der Waals surface area contributed by atoms with Crippen molar-refractivity contribution in [1.82, 2.24) is 9.71 Å². The van der Waals surface area contributed by atoms with Crippen LogP contribution in [0.5, 0.6) is 0 Å². The number of hydrogen-bond donors (Lipinski definition) is 1. The summed E-state index contributed by atoms with van der Waals surface area (Å²) in [5, 5.41) is 1.00. The monoisotopic (exact) mass is 412 g/mol. The van der Waals surface area contributed by atoms with Crippen molar-refractivity contribution in [2.45, 2.75) is 13.5 Å². The van der Waals surface area contributed by atoms with Gasteiger partial charge in [-0.05, 0) is 30.7 Å². The van der Waals surface area contributed by atoms with Crippen LogP contribution in [-0.2, 0) is 26.2 Å². The highest BCUT2D eigenvalue weighted by Gasteiger charge is 2.14. The fourth-order valence-corrected chi connectivity index (χ4v) is 3.16. The number of aryl methyl sites for hydroxylation is 1. The molecule has 0 aliphatic rings.